The number of ether oxygens (including phenoxy) is 5. The van der Waals surface area contributed by atoms with Gasteiger partial charge < -0.3 is 29.0 Å². The van der Waals surface area contributed by atoms with Crippen LogP contribution in [-0.2, 0) is 17.9 Å². The van der Waals surface area contributed by atoms with Crippen LogP contribution in [0.5, 0.6) is 23.0 Å². The van der Waals surface area contributed by atoms with Crippen molar-refractivity contribution >= 4 is 17.5 Å². The summed E-state index contributed by atoms with van der Waals surface area (Å²) in [5.74, 6) is 1.63. The van der Waals surface area contributed by atoms with Crippen LogP contribution in [0.2, 0.25) is 5.02 Å². The Morgan fingerprint density at radius 1 is 1.11 bits per heavy atom. The molecular formula is C19H20ClNO6. The number of halogens is 1. The maximum absolute atomic E-state index is 12.6. The van der Waals surface area contributed by atoms with E-state index in [2.05, 4.69) is 5.32 Å². The Morgan fingerprint density at radius 3 is 2.44 bits per heavy atom. The zero-order valence-corrected chi connectivity index (χ0v) is 16.0. The average molecular weight is 394 g/mol. The fourth-order valence-electron chi connectivity index (χ4n) is 2.88. The quantitative estimate of drug-likeness (QED) is 0.812. The van der Waals surface area contributed by atoms with E-state index in [9.17, 15) is 4.79 Å². The molecule has 0 aliphatic carbocycles. The van der Waals surface area contributed by atoms with E-state index >= 15 is 0 Å². The molecular weight excluding hydrogens is 374 g/mol. The van der Waals surface area contributed by atoms with E-state index in [-0.39, 0.29) is 19.2 Å². The molecule has 0 atom stereocenters. The molecule has 0 saturated carbocycles. The van der Waals surface area contributed by atoms with Gasteiger partial charge in [0.05, 0.1) is 27.9 Å². The lowest BCUT2D eigenvalue weighted by Gasteiger charge is -2.21. The van der Waals surface area contributed by atoms with Crippen molar-refractivity contribution in [1.29, 1.82) is 0 Å². The van der Waals surface area contributed by atoms with Crippen molar-refractivity contribution in [1.82, 2.24) is 5.32 Å². The van der Waals surface area contributed by atoms with Crippen molar-refractivity contribution in [3.8, 4) is 23.0 Å². The molecule has 1 N–H and O–H groups in total. The Hall–Kier alpha value is -2.64. The largest absolute Gasteiger partial charge is 0.493 e. The number of hydrogen-bond donors (Lipinski definition) is 1. The molecule has 0 radical (unpaired) electrons. The fraction of sp³-hybridized carbons (Fsp3) is 0.316. The third-order valence-electron chi connectivity index (χ3n) is 4.12. The zero-order valence-electron chi connectivity index (χ0n) is 15.3. The van der Waals surface area contributed by atoms with E-state index in [1.54, 1.807) is 24.3 Å². The monoisotopic (exact) mass is 393 g/mol. The lowest BCUT2D eigenvalue weighted by molar-refractivity contribution is -0.0170. The van der Waals surface area contributed by atoms with Gasteiger partial charge in [-0.2, -0.15) is 0 Å². The van der Waals surface area contributed by atoms with Crippen LogP contribution in [0.15, 0.2) is 24.3 Å². The Labute approximate surface area is 162 Å². The maximum atomic E-state index is 12.6. The molecule has 1 heterocycles. The van der Waals surface area contributed by atoms with Gasteiger partial charge in [0.15, 0.2) is 18.3 Å². The van der Waals surface area contributed by atoms with Crippen molar-refractivity contribution in [2.24, 2.45) is 0 Å². The Balaban J connectivity index is 1.82. The molecule has 0 bridgehead atoms. The van der Waals surface area contributed by atoms with Gasteiger partial charge in [-0.1, -0.05) is 11.6 Å². The summed E-state index contributed by atoms with van der Waals surface area (Å²) >= 11 is 6.16. The Bertz CT molecular complexity index is 829. The highest BCUT2D eigenvalue weighted by atomic mass is 35.5. The van der Waals surface area contributed by atoms with Crippen LogP contribution in [0.25, 0.3) is 0 Å². The van der Waals surface area contributed by atoms with Crippen molar-refractivity contribution in [3.05, 3.63) is 46.0 Å². The standard InChI is InChI=1S/C19H20ClNO6/c1-23-15-6-11(7-16(24-2)18(15)25-3)19(22)21-8-12-4-14(20)5-13-9-26-10-27-17(12)13/h4-7H,8-10H2,1-3H3,(H,21,22). The highest BCUT2D eigenvalue weighted by Crippen LogP contribution is 2.38. The van der Waals surface area contributed by atoms with Crippen molar-refractivity contribution < 1.29 is 28.5 Å². The molecule has 0 unspecified atom stereocenters. The fourth-order valence-corrected chi connectivity index (χ4v) is 3.14. The van der Waals surface area contributed by atoms with Gasteiger partial charge in [0.2, 0.25) is 5.75 Å². The number of benzene rings is 2. The molecule has 0 aromatic heterocycles. The number of nitrogens with one attached hydrogen (secondary N) is 1. The first-order valence-electron chi connectivity index (χ1n) is 8.17. The summed E-state index contributed by atoms with van der Waals surface area (Å²) in [6, 6.07) is 6.74. The molecule has 8 heteroatoms. The predicted octanol–water partition coefficient (Wildman–Crippen LogP) is 3.16. The topological polar surface area (TPSA) is 75.3 Å². The number of hydrogen-bond acceptors (Lipinski definition) is 6. The van der Waals surface area contributed by atoms with Crippen LogP contribution in [0.4, 0.5) is 0 Å². The molecule has 7 nitrogen and oxygen atoms in total. The van der Waals surface area contributed by atoms with Crippen LogP contribution in [0, 0.1) is 0 Å². The van der Waals surface area contributed by atoms with Crippen LogP contribution in [0.1, 0.15) is 21.5 Å². The minimum absolute atomic E-state index is 0.169. The molecule has 2 aromatic carbocycles. The van der Waals surface area contributed by atoms with E-state index in [1.165, 1.54) is 21.3 Å². The van der Waals surface area contributed by atoms with Gasteiger partial charge >= 0.3 is 0 Å². The smallest absolute Gasteiger partial charge is 0.251 e. The molecule has 27 heavy (non-hydrogen) atoms. The van der Waals surface area contributed by atoms with E-state index in [4.69, 9.17) is 35.3 Å². The van der Waals surface area contributed by atoms with Crippen LogP contribution < -0.4 is 24.3 Å². The number of carbonyl (C=O) groups excluding carboxylic acids is 1. The molecule has 144 valence electrons. The van der Waals surface area contributed by atoms with E-state index in [0.29, 0.717) is 40.2 Å². The van der Waals surface area contributed by atoms with Gasteiger partial charge in [0.1, 0.15) is 5.75 Å². The SMILES string of the molecule is COc1cc(C(=O)NCc2cc(Cl)cc3c2OCOC3)cc(OC)c1OC. The van der Waals surface area contributed by atoms with Gasteiger partial charge in [-0.05, 0) is 24.3 Å². The summed E-state index contributed by atoms with van der Waals surface area (Å²) in [6.07, 6.45) is 0. The van der Waals surface area contributed by atoms with Gasteiger partial charge in [-0.3, -0.25) is 4.79 Å². The maximum Gasteiger partial charge on any atom is 0.251 e. The van der Waals surface area contributed by atoms with Crippen molar-refractivity contribution in [3.63, 3.8) is 0 Å². The van der Waals surface area contributed by atoms with Crippen LogP contribution in [0.3, 0.4) is 0 Å². The third kappa shape index (κ3) is 4.04. The van der Waals surface area contributed by atoms with E-state index in [1.807, 2.05) is 0 Å². The Morgan fingerprint density at radius 2 is 1.81 bits per heavy atom. The number of rotatable bonds is 6. The number of carbonyl (C=O) groups is 1. The summed E-state index contributed by atoms with van der Waals surface area (Å²) in [5, 5.41) is 3.42. The first-order valence-corrected chi connectivity index (χ1v) is 8.55. The van der Waals surface area contributed by atoms with Crippen LogP contribution in [-0.4, -0.2) is 34.0 Å². The third-order valence-corrected chi connectivity index (χ3v) is 4.34. The lowest BCUT2D eigenvalue weighted by Crippen LogP contribution is -2.24. The summed E-state index contributed by atoms with van der Waals surface area (Å²) in [7, 11) is 4.50. The molecule has 0 saturated heterocycles. The average Bonchev–Trinajstić information content (AvgIpc) is 2.70. The number of amides is 1. The molecule has 2 aromatic rings. The summed E-state index contributed by atoms with van der Waals surface area (Å²) in [6.45, 7) is 0.838. The second-order valence-corrected chi connectivity index (χ2v) is 6.20. The number of fused-ring (bicyclic) bond motifs is 1. The first-order chi connectivity index (χ1) is 13.1. The lowest BCUT2D eigenvalue weighted by atomic mass is 10.1. The molecule has 1 aliphatic heterocycles. The molecule has 1 amide bonds. The summed E-state index contributed by atoms with van der Waals surface area (Å²) < 4.78 is 26.7. The van der Waals surface area contributed by atoms with Gasteiger partial charge in [0.25, 0.3) is 5.91 Å². The highest BCUT2D eigenvalue weighted by molar-refractivity contribution is 6.30. The minimum atomic E-state index is -0.296. The predicted molar refractivity (Wildman–Crippen MR) is 99.0 cm³/mol. The van der Waals surface area contributed by atoms with Crippen molar-refractivity contribution in [2.75, 3.05) is 28.1 Å². The van der Waals surface area contributed by atoms with E-state index < -0.39 is 0 Å². The summed E-state index contributed by atoms with van der Waals surface area (Å²) in [5.41, 5.74) is 2.01. The molecule has 0 fully saturated rings. The zero-order chi connectivity index (χ0) is 19.4. The minimum Gasteiger partial charge on any atom is -0.493 e. The van der Waals surface area contributed by atoms with Crippen molar-refractivity contribution in [2.45, 2.75) is 13.2 Å². The highest BCUT2D eigenvalue weighted by Gasteiger charge is 2.19. The van der Waals surface area contributed by atoms with E-state index in [0.717, 1.165) is 11.1 Å². The summed E-state index contributed by atoms with van der Waals surface area (Å²) in [4.78, 5) is 12.6. The normalized spacial score (nSPS) is 12.6. The molecule has 1 aliphatic rings. The molecule has 0 spiro atoms. The molecule has 3 rings (SSSR count). The van der Waals surface area contributed by atoms with Gasteiger partial charge in [-0.25, -0.2) is 0 Å². The first kappa shape index (κ1) is 19.1. The Kier molecular flexibility index (Phi) is 5.93. The number of methoxy groups -OCH3 is 3. The van der Waals surface area contributed by atoms with Crippen LogP contribution >= 0.6 is 11.6 Å². The van der Waals surface area contributed by atoms with Gasteiger partial charge in [-0.15, -0.1) is 0 Å². The van der Waals surface area contributed by atoms with Gasteiger partial charge in [0, 0.05) is 28.3 Å². The second-order valence-electron chi connectivity index (χ2n) is 5.76. The second kappa shape index (κ2) is 8.37.